The molecular formula is C20H18N2O. The summed E-state index contributed by atoms with van der Waals surface area (Å²) in [6, 6.07) is 17.0. The van der Waals surface area contributed by atoms with Gasteiger partial charge in [-0.1, -0.05) is 36.4 Å². The largest absolute Gasteiger partial charge is 0.294 e. The number of carbonyl (C=O) groups is 1. The van der Waals surface area contributed by atoms with Crippen molar-refractivity contribution in [3.63, 3.8) is 0 Å². The zero-order valence-electron chi connectivity index (χ0n) is 13.3. The van der Waals surface area contributed by atoms with Gasteiger partial charge in [-0.2, -0.15) is 5.26 Å². The van der Waals surface area contributed by atoms with Gasteiger partial charge in [0.2, 0.25) is 0 Å². The normalized spacial score (nSPS) is 15.3. The maximum atomic E-state index is 12.6. The number of benzene rings is 2. The van der Waals surface area contributed by atoms with Gasteiger partial charge in [0, 0.05) is 5.56 Å². The maximum Gasteiger partial charge on any atom is 0.168 e. The van der Waals surface area contributed by atoms with Gasteiger partial charge in [0.1, 0.15) is 0 Å². The molecule has 114 valence electrons. The van der Waals surface area contributed by atoms with Crippen molar-refractivity contribution in [3.8, 4) is 6.07 Å². The molecule has 0 atom stereocenters. The second kappa shape index (κ2) is 5.81. The monoisotopic (exact) mass is 302 g/mol. The number of hydrogen-bond acceptors (Lipinski definition) is 3. The standard InChI is InChI=1S/C20H18N2O/c1-20(2)12-16-7-3-4-9-17(16)18(22-20)11-19(23)15-8-5-6-14(10-15)13-21/h3-10H,11-12H2,1-2H3. The molecule has 0 saturated carbocycles. The third kappa shape index (κ3) is 3.22. The lowest BCUT2D eigenvalue weighted by atomic mass is 9.85. The van der Waals surface area contributed by atoms with Crippen LogP contribution in [0.3, 0.4) is 0 Å². The molecular weight excluding hydrogens is 284 g/mol. The average Bonchev–Trinajstić information content (AvgIpc) is 2.53. The van der Waals surface area contributed by atoms with E-state index in [1.807, 2.05) is 18.2 Å². The van der Waals surface area contributed by atoms with Crippen molar-refractivity contribution in [2.24, 2.45) is 4.99 Å². The molecule has 1 heterocycles. The molecule has 3 heteroatoms. The van der Waals surface area contributed by atoms with Gasteiger partial charge in [-0.05, 0) is 43.5 Å². The first kappa shape index (κ1) is 15.2. The lowest BCUT2D eigenvalue weighted by Crippen LogP contribution is -2.29. The summed E-state index contributed by atoms with van der Waals surface area (Å²) < 4.78 is 0. The fourth-order valence-corrected chi connectivity index (χ4v) is 3.04. The van der Waals surface area contributed by atoms with Crippen LogP contribution in [0.15, 0.2) is 53.5 Å². The van der Waals surface area contributed by atoms with Gasteiger partial charge < -0.3 is 0 Å². The van der Waals surface area contributed by atoms with Crippen molar-refractivity contribution in [1.29, 1.82) is 5.26 Å². The second-order valence-electron chi connectivity index (χ2n) is 6.50. The molecule has 1 aliphatic heterocycles. The van der Waals surface area contributed by atoms with Crippen LogP contribution >= 0.6 is 0 Å². The van der Waals surface area contributed by atoms with E-state index in [0.717, 1.165) is 17.7 Å². The Morgan fingerprint density at radius 1 is 1.22 bits per heavy atom. The SMILES string of the molecule is CC1(C)Cc2ccccc2C(CC(=O)c2cccc(C#N)c2)=N1. The summed E-state index contributed by atoms with van der Waals surface area (Å²) in [4.78, 5) is 17.4. The number of fused-ring (bicyclic) bond motifs is 1. The van der Waals surface area contributed by atoms with Gasteiger partial charge in [-0.3, -0.25) is 9.79 Å². The third-order valence-corrected chi connectivity index (χ3v) is 4.03. The molecule has 1 aliphatic rings. The molecule has 0 radical (unpaired) electrons. The van der Waals surface area contributed by atoms with Crippen LogP contribution < -0.4 is 0 Å². The van der Waals surface area contributed by atoms with Gasteiger partial charge in [0.05, 0.1) is 29.3 Å². The smallest absolute Gasteiger partial charge is 0.168 e. The van der Waals surface area contributed by atoms with Crippen LogP contribution in [-0.4, -0.2) is 17.0 Å². The van der Waals surface area contributed by atoms with Gasteiger partial charge in [-0.15, -0.1) is 0 Å². The van der Waals surface area contributed by atoms with Crippen LogP contribution in [0.1, 0.15) is 47.3 Å². The van der Waals surface area contributed by atoms with Crippen molar-refractivity contribution in [2.45, 2.75) is 32.2 Å². The van der Waals surface area contributed by atoms with Gasteiger partial charge >= 0.3 is 0 Å². The van der Waals surface area contributed by atoms with Crippen molar-refractivity contribution in [2.75, 3.05) is 0 Å². The fraction of sp³-hybridized carbons (Fsp3) is 0.250. The van der Waals surface area contributed by atoms with Crippen LogP contribution in [0, 0.1) is 11.3 Å². The molecule has 0 fully saturated rings. The summed E-state index contributed by atoms with van der Waals surface area (Å²) in [5.74, 6) is -0.00615. The second-order valence-corrected chi connectivity index (χ2v) is 6.50. The Morgan fingerprint density at radius 2 is 2.00 bits per heavy atom. The Labute approximate surface area is 136 Å². The van der Waals surface area contributed by atoms with E-state index in [1.165, 1.54) is 5.56 Å². The maximum absolute atomic E-state index is 12.6. The molecule has 0 aromatic heterocycles. The Hall–Kier alpha value is -2.73. The van der Waals surface area contributed by atoms with Gasteiger partial charge in [0.25, 0.3) is 0 Å². The highest BCUT2D eigenvalue weighted by Crippen LogP contribution is 2.28. The molecule has 23 heavy (non-hydrogen) atoms. The Balaban J connectivity index is 1.93. The van der Waals surface area contributed by atoms with E-state index in [-0.39, 0.29) is 17.7 Å². The quantitative estimate of drug-likeness (QED) is 0.806. The number of hydrogen-bond donors (Lipinski definition) is 0. The minimum Gasteiger partial charge on any atom is -0.294 e. The van der Waals surface area contributed by atoms with E-state index in [9.17, 15) is 4.79 Å². The van der Waals surface area contributed by atoms with Crippen LogP contribution in [-0.2, 0) is 6.42 Å². The lowest BCUT2D eigenvalue weighted by Gasteiger charge is -2.29. The summed E-state index contributed by atoms with van der Waals surface area (Å²) >= 11 is 0. The number of rotatable bonds is 3. The lowest BCUT2D eigenvalue weighted by molar-refractivity contribution is 0.100. The zero-order chi connectivity index (χ0) is 16.4. The Kier molecular flexibility index (Phi) is 3.83. The molecule has 0 amide bonds. The van der Waals surface area contributed by atoms with Crippen molar-refractivity contribution >= 4 is 11.5 Å². The first-order valence-corrected chi connectivity index (χ1v) is 7.69. The van der Waals surface area contributed by atoms with Gasteiger partial charge in [0.15, 0.2) is 5.78 Å². The zero-order valence-corrected chi connectivity index (χ0v) is 13.3. The number of aliphatic imine (C=N–C) groups is 1. The van der Waals surface area contributed by atoms with E-state index < -0.39 is 0 Å². The van der Waals surface area contributed by atoms with E-state index in [1.54, 1.807) is 24.3 Å². The molecule has 3 rings (SSSR count). The Morgan fingerprint density at radius 3 is 2.78 bits per heavy atom. The highest BCUT2D eigenvalue weighted by molar-refractivity contribution is 6.16. The number of carbonyl (C=O) groups excluding carboxylic acids is 1. The van der Waals surface area contributed by atoms with E-state index >= 15 is 0 Å². The number of nitrogens with zero attached hydrogens (tertiary/aromatic N) is 2. The first-order valence-electron chi connectivity index (χ1n) is 7.69. The van der Waals surface area contributed by atoms with Gasteiger partial charge in [-0.25, -0.2) is 0 Å². The number of ketones is 1. The fourth-order valence-electron chi connectivity index (χ4n) is 3.04. The van der Waals surface area contributed by atoms with Crippen LogP contribution in [0.4, 0.5) is 0 Å². The Bertz CT molecular complexity index is 841. The molecule has 2 aromatic rings. The van der Waals surface area contributed by atoms with Crippen LogP contribution in [0.5, 0.6) is 0 Å². The summed E-state index contributed by atoms with van der Waals surface area (Å²) in [5, 5.41) is 8.98. The van der Waals surface area contributed by atoms with Crippen LogP contribution in [0.25, 0.3) is 0 Å². The highest BCUT2D eigenvalue weighted by Gasteiger charge is 2.27. The van der Waals surface area contributed by atoms with Crippen molar-refractivity contribution in [1.82, 2.24) is 0 Å². The molecule has 0 unspecified atom stereocenters. The molecule has 0 saturated heterocycles. The minimum atomic E-state index is -0.196. The van der Waals surface area contributed by atoms with Crippen molar-refractivity contribution < 1.29 is 4.79 Å². The summed E-state index contributed by atoms with van der Waals surface area (Å²) in [6.07, 6.45) is 1.14. The molecule has 0 aliphatic carbocycles. The predicted molar refractivity (Wildman–Crippen MR) is 90.9 cm³/mol. The average molecular weight is 302 g/mol. The minimum absolute atomic E-state index is 0.00615. The molecule has 0 N–H and O–H groups in total. The molecule has 2 aromatic carbocycles. The number of Topliss-reactive ketones (excluding diaryl/α,β-unsaturated/α-hetero) is 1. The topological polar surface area (TPSA) is 53.2 Å². The summed E-state index contributed by atoms with van der Waals surface area (Å²) in [5.41, 5.74) is 4.01. The predicted octanol–water partition coefficient (Wildman–Crippen LogP) is 3.96. The van der Waals surface area contributed by atoms with Crippen molar-refractivity contribution in [3.05, 3.63) is 70.8 Å². The first-order chi connectivity index (χ1) is 11.0. The molecule has 0 spiro atoms. The van der Waals surface area contributed by atoms with E-state index in [2.05, 4.69) is 26.0 Å². The third-order valence-electron chi connectivity index (χ3n) is 4.03. The van der Waals surface area contributed by atoms with Crippen LogP contribution in [0.2, 0.25) is 0 Å². The summed E-state index contributed by atoms with van der Waals surface area (Å²) in [7, 11) is 0. The highest BCUT2D eigenvalue weighted by atomic mass is 16.1. The van der Waals surface area contributed by atoms with E-state index in [4.69, 9.17) is 10.3 Å². The molecule has 3 nitrogen and oxygen atoms in total. The molecule has 0 bridgehead atoms. The number of nitriles is 1. The summed E-state index contributed by atoms with van der Waals surface area (Å²) in [6.45, 7) is 4.17. The van der Waals surface area contributed by atoms with E-state index in [0.29, 0.717) is 11.1 Å².